The lowest BCUT2D eigenvalue weighted by atomic mass is 9.81. The van der Waals surface area contributed by atoms with Crippen LogP contribution in [0.15, 0.2) is 107 Å². The fourth-order valence-corrected chi connectivity index (χ4v) is 7.07. The zero-order valence-corrected chi connectivity index (χ0v) is 25.1. The molecule has 8 nitrogen and oxygen atoms in total. The molecule has 2 heterocycles. The molecule has 4 aromatic carbocycles. The minimum Gasteiger partial charge on any atom is -0.497 e. The van der Waals surface area contributed by atoms with Gasteiger partial charge in [-0.2, -0.15) is 0 Å². The predicted octanol–water partition coefficient (Wildman–Crippen LogP) is 7.95. The number of fused-ring (bicyclic) bond motifs is 1. The van der Waals surface area contributed by atoms with Gasteiger partial charge in [0.05, 0.1) is 17.1 Å². The van der Waals surface area contributed by atoms with Crippen molar-refractivity contribution in [3.05, 3.63) is 103 Å². The Bertz CT molecular complexity index is 1610. The number of hydrogen-bond donors (Lipinski definition) is 0. The maximum Gasteiger partial charge on any atom is 0.360 e. The fraction of sp³-hybridized carbons (Fsp3) is 0.306. The number of para-hydroxylation sites is 1. The lowest BCUT2D eigenvalue weighted by Gasteiger charge is -2.42. The molecule has 7 rings (SSSR count). The maximum atomic E-state index is 11.4. The van der Waals surface area contributed by atoms with Gasteiger partial charge in [-0.05, 0) is 90.8 Å². The lowest BCUT2D eigenvalue weighted by Crippen LogP contribution is -2.51. The first kappa shape index (κ1) is 28.3. The number of carbonyl (C=O) groups excluding carboxylic acids is 1. The van der Waals surface area contributed by atoms with Gasteiger partial charge in [0.1, 0.15) is 5.75 Å². The molecule has 44 heavy (non-hydrogen) atoms. The molecule has 4 aromatic rings. The molecule has 1 saturated carbocycles. The molecular weight excluding hydrogens is 550 g/mol. The van der Waals surface area contributed by atoms with Crippen molar-refractivity contribution in [2.24, 2.45) is 10.3 Å². The van der Waals surface area contributed by atoms with E-state index in [-0.39, 0.29) is 0 Å². The van der Waals surface area contributed by atoms with E-state index in [2.05, 4.69) is 68.7 Å². The summed E-state index contributed by atoms with van der Waals surface area (Å²) in [5.74, 6) is 1.60. The summed E-state index contributed by atoms with van der Waals surface area (Å²) in [4.78, 5) is 22.1. The van der Waals surface area contributed by atoms with Gasteiger partial charge in [-0.25, -0.2) is 9.63 Å². The molecule has 3 aliphatic rings. The number of rotatable bonds is 8. The highest BCUT2D eigenvalue weighted by Gasteiger charge is 2.45. The molecule has 224 valence electrons. The van der Waals surface area contributed by atoms with Crippen LogP contribution in [0.4, 0.5) is 22.7 Å². The third-order valence-electron chi connectivity index (χ3n) is 9.58. The first-order chi connectivity index (χ1) is 21.7. The zero-order valence-electron chi connectivity index (χ0n) is 25.1. The molecule has 2 aliphatic heterocycles. The summed E-state index contributed by atoms with van der Waals surface area (Å²) >= 11 is 0. The van der Waals surface area contributed by atoms with E-state index in [0.717, 1.165) is 43.1 Å². The van der Waals surface area contributed by atoms with Crippen LogP contribution in [0, 0.1) is 0 Å². The summed E-state index contributed by atoms with van der Waals surface area (Å²) < 4.78 is 4.91. The summed E-state index contributed by atoms with van der Waals surface area (Å²) in [5, 5.41) is 8.55. The average molecular weight is 589 g/mol. The van der Waals surface area contributed by atoms with Crippen molar-refractivity contribution in [1.82, 2.24) is 9.66 Å². The van der Waals surface area contributed by atoms with Gasteiger partial charge < -0.3 is 9.64 Å². The summed E-state index contributed by atoms with van der Waals surface area (Å²) in [6, 6.07) is 33.7. The van der Waals surface area contributed by atoms with E-state index >= 15 is 0 Å². The quantitative estimate of drug-likeness (QED) is 0.154. The van der Waals surface area contributed by atoms with E-state index in [1.54, 1.807) is 7.11 Å². The van der Waals surface area contributed by atoms with Crippen molar-refractivity contribution >= 4 is 29.2 Å². The number of carbonyl (C=O) groups is 1. The Morgan fingerprint density at radius 2 is 1.43 bits per heavy atom. The van der Waals surface area contributed by atoms with E-state index in [1.165, 1.54) is 36.9 Å². The number of piperazine rings is 1. The van der Waals surface area contributed by atoms with Crippen LogP contribution in [-0.4, -0.2) is 50.7 Å². The number of methoxy groups -OCH3 is 1. The monoisotopic (exact) mass is 588 g/mol. The normalized spacial score (nSPS) is 23.2. The number of hydrogen-bond acceptors (Lipinski definition) is 7. The number of nitrogens with zero attached hydrogens (tertiary/aromatic N) is 5. The smallest absolute Gasteiger partial charge is 0.360 e. The second kappa shape index (κ2) is 12.2. The Morgan fingerprint density at radius 1 is 0.773 bits per heavy atom. The third-order valence-corrected chi connectivity index (χ3v) is 9.58. The van der Waals surface area contributed by atoms with Crippen LogP contribution < -0.4 is 14.4 Å². The van der Waals surface area contributed by atoms with Crippen molar-refractivity contribution in [2.75, 3.05) is 38.2 Å². The Balaban J connectivity index is 0.948. The molecule has 0 spiro atoms. The van der Waals surface area contributed by atoms with Gasteiger partial charge in [0.25, 0.3) is 0 Å². The van der Waals surface area contributed by atoms with Gasteiger partial charge >= 0.3 is 6.47 Å². The van der Waals surface area contributed by atoms with Crippen LogP contribution in [0.5, 0.6) is 5.75 Å². The minimum absolute atomic E-state index is 0.419. The van der Waals surface area contributed by atoms with Gasteiger partial charge in [0.15, 0.2) is 5.69 Å². The van der Waals surface area contributed by atoms with Crippen LogP contribution in [0.3, 0.4) is 0 Å². The molecule has 0 amide bonds. The number of ether oxygens (including phenoxy) is 1. The Hall–Kier alpha value is -4.53. The highest BCUT2D eigenvalue weighted by atomic mass is 16.8. The van der Waals surface area contributed by atoms with E-state index in [1.807, 2.05) is 48.5 Å². The Labute approximate surface area is 258 Å². The molecule has 0 radical (unpaired) electrons. The maximum absolute atomic E-state index is 11.4. The molecule has 8 heteroatoms. The molecule has 1 aliphatic carbocycles. The molecule has 1 atom stereocenters. The summed E-state index contributed by atoms with van der Waals surface area (Å²) in [6.07, 6.45) is 5.09. The van der Waals surface area contributed by atoms with E-state index in [4.69, 9.17) is 9.57 Å². The largest absolute Gasteiger partial charge is 0.497 e. The highest BCUT2D eigenvalue weighted by molar-refractivity contribution is 5.74. The lowest BCUT2D eigenvalue weighted by molar-refractivity contribution is -0.156. The van der Waals surface area contributed by atoms with Gasteiger partial charge in [-0.15, -0.1) is 0 Å². The van der Waals surface area contributed by atoms with Crippen LogP contribution in [-0.2, 0) is 9.63 Å². The van der Waals surface area contributed by atoms with Crippen LogP contribution >= 0.6 is 0 Å². The average Bonchev–Trinajstić information content (AvgIpc) is 3.48. The predicted molar refractivity (Wildman–Crippen MR) is 173 cm³/mol. The molecule has 0 aromatic heterocycles. The topological polar surface area (TPSA) is 66.7 Å². The van der Waals surface area contributed by atoms with Crippen LogP contribution in [0.25, 0.3) is 11.1 Å². The first-order valence-corrected chi connectivity index (χ1v) is 15.5. The minimum atomic E-state index is -0.422. The van der Waals surface area contributed by atoms with E-state index in [9.17, 15) is 4.79 Å². The standard InChI is InChI=1S/C36H38N5O3/c1-43-34-20-12-30(13-21-34)28-8-16-32(17-9-28)40-24-22-39(23-25-40)31-14-6-27(7-15-31)29-10-18-33(19-11-29)41(44-26-42)36-5-3-2-4-35(36)37-38-41/h2-7,10-15,18-21,26,28,32H,8-9,16-17,22-25H2,1H3/q+1. The summed E-state index contributed by atoms with van der Waals surface area (Å²) in [5.41, 5.74) is 7.05. The van der Waals surface area contributed by atoms with Crippen molar-refractivity contribution in [1.29, 1.82) is 0 Å². The van der Waals surface area contributed by atoms with Crippen molar-refractivity contribution in [3.8, 4) is 16.9 Å². The molecule has 0 N–H and O–H groups in total. The molecule has 1 saturated heterocycles. The highest BCUT2D eigenvalue weighted by Crippen LogP contribution is 2.47. The van der Waals surface area contributed by atoms with Gasteiger partial charge in [-0.3, -0.25) is 4.90 Å². The molecule has 0 bridgehead atoms. The number of anilines is 1. The number of benzene rings is 4. The summed E-state index contributed by atoms with van der Waals surface area (Å²) in [6.45, 7) is 4.76. The van der Waals surface area contributed by atoms with Crippen LogP contribution in [0.2, 0.25) is 0 Å². The third kappa shape index (κ3) is 5.36. The first-order valence-electron chi connectivity index (χ1n) is 15.5. The SMILES string of the molecule is COc1ccc(C2CCC(N3CCN(c4ccc(-c5ccc([N+]6(OC=O)N=Nc7ccccc76)cc5)cc4)CC3)CC2)cc1. The second-order valence-corrected chi connectivity index (χ2v) is 11.9. The molecule has 1 unspecified atom stereocenters. The van der Waals surface area contributed by atoms with Crippen molar-refractivity contribution in [2.45, 2.75) is 37.6 Å². The van der Waals surface area contributed by atoms with Gasteiger partial charge in [0.2, 0.25) is 11.4 Å². The van der Waals surface area contributed by atoms with Crippen molar-refractivity contribution < 1.29 is 14.4 Å². The number of quaternary nitrogens is 1. The van der Waals surface area contributed by atoms with Crippen molar-refractivity contribution in [3.63, 3.8) is 0 Å². The fourth-order valence-electron chi connectivity index (χ4n) is 7.07. The van der Waals surface area contributed by atoms with E-state index in [0.29, 0.717) is 35.5 Å². The van der Waals surface area contributed by atoms with Gasteiger partial charge in [0, 0.05) is 56.1 Å². The summed E-state index contributed by atoms with van der Waals surface area (Å²) in [7, 11) is 1.73. The second-order valence-electron chi connectivity index (χ2n) is 11.9. The zero-order chi connectivity index (χ0) is 29.9. The molecular formula is C36H38N5O3+. The Kier molecular flexibility index (Phi) is 7.85. The van der Waals surface area contributed by atoms with Crippen LogP contribution in [0.1, 0.15) is 37.2 Å². The Morgan fingerprint density at radius 3 is 2.09 bits per heavy atom. The molecule has 2 fully saturated rings. The van der Waals surface area contributed by atoms with Gasteiger partial charge in [-0.1, -0.05) is 41.5 Å². The van der Waals surface area contributed by atoms with E-state index < -0.39 is 4.76 Å².